The molecule has 1 atom stereocenters. The van der Waals surface area contributed by atoms with Gasteiger partial charge >= 0.3 is 0 Å². The third-order valence-corrected chi connectivity index (χ3v) is 4.86. The Labute approximate surface area is 151 Å². The molecular weight excluding hydrogens is 332 g/mol. The Morgan fingerprint density at radius 2 is 1.80 bits per heavy atom. The van der Waals surface area contributed by atoms with E-state index in [9.17, 15) is 4.79 Å². The average Bonchev–Trinajstić information content (AvgIpc) is 3.06. The first kappa shape index (κ1) is 17.2. The molecule has 0 unspecified atom stereocenters. The molecule has 128 valence electrons. The zero-order chi connectivity index (χ0) is 17.5. The number of carbonyl (C=O) groups excluding carboxylic acids is 1. The Bertz CT molecular complexity index is 805. The summed E-state index contributed by atoms with van der Waals surface area (Å²) < 4.78 is 1.80. The molecule has 1 amide bonds. The minimum Gasteiger partial charge on any atom is -0.348 e. The van der Waals surface area contributed by atoms with E-state index < -0.39 is 0 Å². The predicted molar refractivity (Wildman–Crippen MR) is 99.2 cm³/mol. The second kappa shape index (κ2) is 8.48. The van der Waals surface area contributed by atoms with Gasteiger partial charge in [0.15, 0.2) is 5.16 Å². The monoisotopic (exact) mass is 352 g/mol. The molecule has 1 N–H and O–H groups in total. The van der Waals surface area contributed by atoms with Crippen LogP contribution in [-0.4, -0.2) is 26.4 Å². The van der Waals surface area contributed by atoms with Gasteiger partial charge in [0.25, 0.3) is 0 Å². The lowest BCUT2D eigenvalue weighted by atomic mass is 9.99. The van der Waals surface area contributed by atoms with Gasteiger partial charge in [-0.1, -0.05) is 72.4 Å². The second-order valence-electron chi connectivity index (χ2n) is 5.73. The van der Waals surface area contributed by atoms with Crippen LogP contribution in [0.3, 0.4) is 0 Å². The smallest absolute Gasteiger partial charge is 0.230 e. The molecule has 0 aliphatic carbocycles. The normalized spacial score (nSPS) is 11.9. The average molecular weight is 352 g/mol. The molecule has 25 heavy (non-hydrogen) atoms. The largest absolute Gasteiger partial charge is 0.348 e. The Morgan fingerprint density at radius 1 is 1.12 bits per heavy atom. The first-order valence-electron chi connectivity index (χ1n) is 8.07. The summed E-state index contributed by atoms with van der Waals surface area (Å²) in [4.78, 5) is 12.4. The van der Waals surface area contributed by atoms with Gasteiger partial charge in [0, 0.05) is 7.05 Å². The molecule has 3 aromatic rings. The van der Waals surface area contributed by atoms with Crippen LogP contribution in [0.15, 0.2) is 72.1 Å². The van der Waals surface area contributed by atoms with E-state index in [0.29, 0.717) is 5.75 Å². The molecular formula is C19H20N4OS. The number of nitrogens with zero attached hydrogens (tertiary/aromatic N) is 3. The van der Waals surface area contributed by atoms with Gasteiger partial charge in [-0.15, -0.1) is 10.2 Å². The van der Waals surface area contributed by atoms with E-state index in [2.05, 4.69) is 27.6 Å². The van der Waals surface area contributed by atoms with Crippen molar-refractivity contribution >= 4 is 17.7 Å². The number of hydrogen-bond donors (Lipinski definition) is 1. The number of hydrogen-bond acceptors (Lipinski definition) is 4. The van der Waals surface area contributed by atoms with E-state index in [1.54, 1.807) is 10.9 Å². The van der Waals surface area contributed by atoms with Crippen molar-refractivity contribution in [3.05, 3.63) is 78.1 Å². The molecule has 3 rings (SSSR count). The van der Waals surface area contributed by atoms with E-state index in [1.807, 2.05) is 55.6 Å². The molecule has 0 aliphatic rings. The summed E-state index contributed by atoms with van der Waals surface area (Å²) in [5.41, 5.74) is 2.29. The van der Waals surface area contributed by atoms with Crippen LogP contribution >= 0.6 is 11.8 Å². The fourth-order valence-electron chi connectivity index (χ4n) is 2.56. The number of aromatic nitrogens is 3. The number of amides is 1. The van der Waals surface area contributed by atoms with E-state index in [0.717, 1.165) is 17.1 Å². The molecule has 2 aromatic carbocycles. The second-order valence-corrected chi connectivity index (χ2v) is 6.68. The molecule has 0 bridgehead atoms. The highest BCUT2D eigenvalue weighted by molar-refractivity contribution is 7.99. The van der Waals surface area contributed by atoms with E-state index in [1.165, 1.54) is 17.3 Å². The molecule has 6 heteroatoms. The van der Waals surface area contributed by atoms with Crippen LogP contribution in [0.4, 0.5) is 0 Å². The van der Waals surface area contributed by atoms with Gasteiger partial charge in [-0.25, -0.2) is 0 Å². The molecule has 0 spiro atoms. The third-order valence-electron chi connectivity index (χ3n) is 3.82. The summed E-state index contributed by atoms with van der Waals surface area (Å²) >= 11 is 1.38. The van der Waals surface area contributed by atoms with Crippen LogP contribution in [0.5, 0.6) is 0 Å². The van der Waals surface area contributed by atoms with Crippen LogP contribution in [0, 0.1) is 0 Å². The number of carbonyl (C=O) groups is 1. The molecule has 0 saturated carbocycles. The maximum absolute atomic E-state index is 12.4. The molecule has 0 radical (unpaired) electrons. The maximum atomic E-state index is 12.4. The van der Waals surface area contributed by atoms with Crippen molar-refractivity contribution in [3.63, 3.8) is 0 Å². The summed E-state index contributed by atoms with van der Waals surface area (Å²) in [6.45, 7) is 0. The van der Waals surface area contributed by atoms with E-state index in [4.69, 9.17) is 0 Å². The summed E-state index contributed by atoms with van der Waals surface area (Å²) in [6, 6.07) is 20.2. The molecule has 1 heterocycles. The van der Waals surface area contributed by atoms with Crippen LogP contribution < -0.4 is 5.32 Å². The topological polar surface area (TPSA) is 59.8 Å². The molecule has 5 nitrogen and oxygen atoms in total. The van der Waals surface area contributed by atoms with Crippen LogP contribution in [-0.2, 0) is 18.3 Å². The first-order chi connectivity index (χ1) is 12.2. The number of thioether (sulfide) groups is 1. The Morgan fingerprint density at radius 3 is 2.44 bits per heavy atom. The highest BCUT2D eigenvalue weighted by Crippen LogP contribution is 2.19. The molecule has 0 saturated heterocycles. The Kier molecular flexibility index (Phi) is 5.85. The number of nitrogens with one attached hydrogen (secondary N) is 1. The first-order valence-corrected chi connectivity index (χ1v) is 9.06. The summed E-state index contributed by atoms with van der Waals surface area (Å²) in [6.07, 6.45) is 2.38. The quantitative estimate of drug-likeness (QED) is 0.664. The van der Waals surface area contributed by atoms with Gasteiger partial charge in [-0.3, -0.25) is 4.79 Å². The van der Waals surface area contributed by atoms with Crippen LogP contribution in [0.2, 0.25) is 0 Å². The minimum atomic E-state index is -0.0591. The zero-order valence-electron chi connectivity index (χ0n) is 14.0. The van der Waals surface area contributed by atoms with Gasteiger partial charge in [0.2, 0.25) is 5.91 Å². The van der Waals surface area contributed by atoms with Crippen molar-refractivity contribution in [3.8, 4) is 0 Å². The molecule has 0 aliphatic heterocycles. The lowest BCUT2D eigenvalue weighted by Gasteiger charge is -2.19. The lowest BCUT2D eigenvalue weighted by molar-refractivity contribution is -0.119. The third kappa shape index (κ3) is 4.93. The molecule has 1 aromatic heterocycles. The van der Waals surface area contributed by atoms with E-state index >= 15 is 0 Å². The van der Waals surface area contributed by atoms with Crippen molar-refractivity contribution in [1.29, 1.82) is 0 Å². The van der Waals surface area contributed by atoms with Crippen molar-refractivity contribution in [1.82, 2.24) is 20.1 Å². The minimum absolute atomic E-state index is 0.0159. The van der Waals surface area contributed by atoms with E-state index in [-0.39, 0.29) is 11.9 Å². The summed E-state index contributed by atoms with van der Waals surface area (Å²) in [5.74, 6) is 0.294. The summed E-state index contributed by atoms with van der Waals surface area (Å²) in [7, 11) is 1.86. The predicted octanol–water partition coefficient (Wildman–Crippen LogP) is 3.01. The lowest BCUT2D eigenvalue weighted by Crippen LogP contribution is -2.31. The van der Waals surface area contributed by atoms with Gasteiger partial charge < -0.3 is 9.88 Å². The highest BCUT2D eigenvalue weighted by Gasteiger charge is 2.16. The Hall–Kier alpha value is -2.60. The van der Waals surface area contributed by atoms with Crippen molar-refractivity contribution < 1.29 is 4.79 Å². The van der Waals surface area contributed by atoms with Crippen molar-refractivity contribution in [2.45, 2.75) is 17.6 Å². The zero-order valence-corrected chi connectivity index (χ0v) is 14.8. The van der Waals surface area contributed by atoms with Gasteiger partial charge in [0.1, 0.15) is 6.33 Å². The van der Waals surface area contributed by atoms with Crippen LogP contribution in [0.1, 0.15) is 17.2 Å². The standard InChI is InChI=1S/C19H20N4OS/c1-23-14-20-22-19(23)25-13-18(24)21-17(16-10-6-3-7-11-16)12-15-8-4-2-5-9-15/h2-11,14,17H,12-13H2,1H3,(H,21,24)/t17-/m0/s1. The van der Waals surface area contributed by atoms with Gasteiger partial charge in [-0.2, -0.15) is 0 Å². The molecule has 0 fully saturated rings. The highest BCUT2D eigenvalue weighted by atomic mass is 32.2. The summed E-state index contributed by atoms with van der Waals surface area (Å²) in [5, 5.41) is 11.7. The van der Waals surface area contributed by atoms with Crippen LogP contribution in [0.25, 0.3) is 0 Å². The maximum Gasteiger partial charge on any atom is 0.230 e. The number of rotatable bonds is 7. The van der Waals surface area contributed by atoms with Crippen molar-refractivity contribution in [2.24, 2.45) is 7.05 Å². The fourth-order valence-corrected chi connectivity index (χ4v) is 3.26. The number of benzene rings is 2. The SMILES string of the molecule is Cn1cnnc1SCC(=O)N[C@@H](Cc1ccccc1)c1ccccc1. The van der Waals surface area contributed by atoms with Gasteiger partial charge in [0.05, 0.1) is 11.8 Å². The Balaban J connectivity index is 1.66. The number of aryl methyl sites for hydroxylation is 1. The van der Waals surface area contributed by atoms with Crippen molar-refractivity contribution in [2.75, 3.05) is 5.75 Å². The fraction of sp³-hybridized carbons (Fsp3) is 0.211. The van der Waals surface area contributed by atoms with Gasteiger partial charge in [-0.05, 0) is 17.5 Å².